The molecule has 0 radical (unpaired) electrons. The predicted molar refractivity (Wildman–Crippen MR) is 120 cm³/mol. The van der Waals surface area contributed by atoms with Crippen molar-refractivity contribution in [3.8, 4) is 0 Å². The minimum atomic E-state index is -0.841. The molecule has 3 atom stereocenters. The number of ether oxygens (including phenoxy) is 2. The largest absolute Gasteiger partial charge is 0.469 e. The van der Waals surface area contributed by atoms with E-state index in [2.05, 4.69) is 52.0 Å². The van der Waals surface area contributed by atoms with Crippen LogP contribution in [0.15, 0.2) is 24.3 Å². The third kappa shape index (κ3) is 5.07. The first-order valence-corrected chi connectivity index (χ1v) is 11.2. The number of rotatable bonds is 10. The third-order valence-corrected chi connectivity index (χ3v) is 7.66. The van der Waals surface area contributed by atoms with Gasteiger partial charge in [0, 0.05) is 0 Å². The molecule has 1 aliphatic carbocycles. The fraction of sp³-hybridized carbons (Fsp3) is 0.692. The highest BCUT2D eigenvalue weighted by Gasteiger charge is 2.52. The summed E-state index contributed by atoms with van der Waals surface area (Å²) in [5.74, 6) is -0.0269. The van der Waals surface area contributed by atoms with Crippen molar-refractivity contribution in [3.63, 3.8) is 0 Å². The molecule has 0 spiro atoms. The number of esters is 2. The molecule has 1 fully saturated rings. The maximum absolute atomic E-state index is 13.1. The van der Waals surface area contributed by atoms with E-state index in [1.54, 1.807) is 0 Å². The first kappa shape index (κ1) is 24.4. The van der Waals surface area contributed by atoms with Gasteiger partial charge in [0.1, 0.15) is 0 Å². The molecule has 4 nitrogen and oxygen atoms in total. The van der Waals surface area contributed by atoms with Gasteiger partial charge in [-0.1, -0.05) is 57.5 Å². The first-order chi connectivity index (χ1) is 13.9. The van der Waals surface area contributed by atoms with Crippen LogP contribution >= 0.6 is 0 Å². The monoisotopic (exact) mass is 416 g/mol. The lowest BCUT2D eigenvalue weighted by atomic mass is 9.57. The molecule has 0 heterocycles. The van der Waals surface area contributed by atoms with E-state index in [1.165, 1.54) is 18.2 Å². The molecule has 0 aromatic heterocycles. The van der Waals surface area contributed by atoms with Crippen LogP contribution in [0.3, 0.4) is 0 Å². The van der Waals surface area contributed by atoms with Crippen LogP contribution in [-0.4, -0.2) is 25.7 Å². The maximum atomic E-state index is 13.1. The summed E-state index contributed by atoms with van der Waals surface area (Å²) in [5.41, 5.74) is 0.505. The summed E-state index contributed by atoms with van der Waals surface area (Å²) in [6.45, 7) is 14.9. The first-order valence-electron chi connectivity index (χ1n) is 11.2. The molecule has 2 rings (SSSR count). The van der Waals surface area contributed by atoms with Crippen LogP contribution < -0.4 is 0 Å². The maximum Gasteiger partial charge on any atom is 0.311 e. The van der Waals surface area contributed by atoms with Gasteiger partial charge in [0.15, 0.2) is 0 Å². The average Bonchev–Trinajstić information content (AvgIpc) is 3.55. The van der Waals surface area contributed by atoms with Gasteiger partial charge < -0.3 is 9.47 Å². The van der Waals surface area contributed by atoms with E-state index in [4.69, 9.17) is 9.47 Å². The summed E-state index contributed by atoms with van der Waals surface area (Å²) in [5, 5.41) is 0. The number of benzene rings is 1. The normalized spacial score (nSPS) is 19.3. The SMILES string of the molecule is CCC(C)(CC(C)(C(=O)OC)C(C)C(C)(C)c1ccc(C)cc1)C(=O)OCC1CC1. The van der Waals surface area contributed by atoms with Gasteiger partial charge in [0.05, 0.1) is 24.5 Å². The number of aryl methyl sites for hydroxylation is 1. The van der Waals surface area contributed by atoms with Gasteiger partial charge in [-0.15, -0.1) is 0 Å². The predicted octanol–water partition coefficient (Wildman–Crippen LogP) is 5.85. The summed E-state index contributed by atoms with van der Waals surface area (Å²) in [7, 11) is 1.43. The molecule has 1 aromatic carbocycles. The Balaban J connectivity index is 2.35. The van der Waals surface area contributed by atoms with Crippen molar-refractivity contribution >= 4 is 11.9 Å². The van der Waals surface area contributed by atoms with Crippen molar-refractivity contribution in [2.45, 2.75) is 79.6 Å². The molecule has 1 saturated carbocycles. The van der Waals surface area contributed by atoms with Crippen molar-refractivity contribution in [2.75, 3.05) is 13.7 Å². The van der Waals surface area contributed by atoms with E-state index < -0.39 is 10.8 Å². The summed E-state index contributed by atoms with van der Waals surface area (Å²) in [4.78, 5) is 26.1. The third-order valence-electron chi connectivity index (χ3n) is 7.66. The lowest BCUT2D eigenvalue weighted by Gasteiger charge is -2.46. The van der Waals surface area contributed by atoms with E-state index in [1.807, 2.05) is 20.8 Å². The summed E-state index contributed by atoms with van der Waals surface area (Å²) >= 11 is 0. The van der Waals surface area contributed by atoms with E-state index in [-0.39, 0.29) is 23.3 Å². The molecule has 30 heavy (non-hydrogen) atoms. The zero-order valence-corrected chi connectivity index (χ0v) is 20.1. The Kier molecular flexibility index (Phi) is 7.42. The van der Waals surface area contributed by atoms with Gasteiger partial charge in [0.2, 0.25) is 0 Å². The number of carbonyl (C=O) groups excluding carboxylic acids is 2. The average molecular weight is 417 g/mol. The van der Waals surface area contributed by atoms with Crippen LogP contribution in [0, 0.1) is 29.6 Å². The molecule has 0 bridgehead atoms. The van der Waals surface area contributed by atoms with E-state index in [0.29, 0.717) is 25.4 Å². The van der Waals surface area contributed by atoms with Gasteiger partial charge in [-0.2, -0.15) is 0 Å². The van der Waals surface area contributed by atoms with Crippen LogP contribution in [0.4, 0.5) is 0 Å². The minimum Gasteiger partial charge on any atom is -0.469 e. The number of methoxy groups -OCH3 is 1. The van der Waals surface area contributed by atoms with Crippen LogP contribution in [-0.2, 0) is 24.5 Å². The molecular weight excluding hydrogens is 376 g/mol. The highest BCUT2D eigenvalue weighted by molar-refractivity contribution is 5.81. The highest BCUT2D eigenvalue weighted by Crippen LogP contribution is 2.50. The Labute approximate surface area is 182 Å². The Morgan fingerprint density at radius 2 is 1.63 bits per heavy atom. The van der Waals surface area contributed by atoms with Crippen molar-refractivity contribution in [1.29, 1.82) is 0 Å². The molecule has 1 aromatic rings. The molecule has 168 valence electrons. The fourth-order valence-corrected chi connectivity index (χ4v) is 4.47. The van der Waals surface area contributed by atoms with Crippen LogP contribution in [0.1, 0.15) is 78.4 Å². The number of hydrogen-bond donors (Lipinski definition) is 0. The Bertz CT molecular complexity index is 747. The zero-order chi connectivity index (χ0) is 22.7. The lowest BCUT2D eigenvalue weighted by molar-refractivity contribution is -0.167. The van der Waals surface area contributed by atoms with E-state index in [0.717, 1.165) is 12.8 Å². The smallest absolute Gasteiger partial charge is 0.311 e. The van der Waals surface area contributed by atoms with E-state index in [9.17, 15) is 9.59 Å². The minimum absolute atomic E-state index is 0.0673. The summed E-state index contributed by atoms with van der Waals surface area (Å²) in [6.07, 6.45) is 3.28. The second-order valence-corrected chi connectivity index (χ2v) is 10.4. The molecule has 1 aliphatic rings. The standard InChI is InChI=1S/C26H40O4/c1-9-25(6,22(27)30-16-20-12-13-20)17-26(7,23(28)29-8)19(3)24(4,5)21-14-10-18(2)11-15-21/h10-11,14-15,19-20H,9,12-13,16-17H2,1-8H3. The Morgan fingerprint density at radius 3 is 2.10 bits per heavy atom. The quantitative estimate of drug-likeness (QED) is 0.449. The van der Waals surface area contributed by atoms with E-state index >= 15 is 0 Å². The summed E-state index contributed by atoms with van der Waals surface area (Å²) < 4.78 is 10.9. The van der Waals surface area contributed by atoms with Gasteiger partial charge in [-0.25, -0.2) is 0 Å². The molecule has 0 N–H and O–H groups in total. The fourth-order valence-electron chi connectivity index (χ4n) is 4.47. The van der Waals surface area contributed by atoms with Crippen LogP contribution in [0.25, 0.3) is 0 Å². The molecule has 0 aliphatic heterocycles. The van der Waals surface area contributed by atoms with Gasteiger partial charge in [0.25, 0.3) is 0 Å². The van der Waals surface area contributed by atoms with Gasteiger partial charge in [-0.3, -0.25) is 9.59 Å². The van der Waals surface area contributed by atoms with Crippen LogP contribution in [0.2, 0.25) is 0 Å². The Morgan fingerprint density at radius 1 is 1.07 bits per heavy atom. The molecule has 0 saturated heterocycles. The lowest BCUT2D eigenvalue weighted by Crippen LogP contribution is -2.49. The Hall–Kier alpha value is -1.84. The number of carbonyl (C=O) groups is 2. The van der Waals surface area contributed by atoms with Crippen molar-refractivity contribution in [2.24, 2.45) is 22.7 Å². The van der Waals surface area contributed by atoms with Gasteiger partial charge in [-0.05, 0) is 69.3 Å². The molecule has 0 amide bonds. The summed E-state index contributed by atoms with van der Waals surface area (Å²) in [6, 6.07) is 8.47. The highest BCUT2D eigenvalue weighted by atomic mass is 16.5. The van der Waals surface area contributed by atoms with Crippen molar-refractivity contribution < 1.29 is 19.1 Å². The molecule has 3 unspecified atom stereocenters. The second kappa shape index (κ2) is 9.11. The number of hydrogen-bond acceptors (Lipinski definition) is 4. The topological polar surface area (TPSA) is 52.6 Å². The van der Waals surface area contributed by atoms with Gasteiger partial charge >= 0.3 is 11.9 Å². The second-order valence-electron chi connectivity index (χ2n) is 10.4. The zero-order valence-electron chi connectivity index (χ0n) is 20.1. The van der Waals surface area contributed by atoms with Crippen LogP contribution in [0.5, 0.6) is 0 Å². The molecular formula is C26H40O4. The molecule has 4 heteroatoms. The van der Waals surface area contributed by atoms with Crippen molar-refractivity contribution in [1.82, 2.24) is 0 Å². The van der Waals surface area contributed by atoms with Crippen molar-refractivity contribution in [3.05, 3.63) is 35.4 Å².